The Kier molecular flexibility index (Phi) is 3.17. The molecule has 1 aliphatic rings. The van der Waals surface area contributed by atoms with Crippen LogP contribution in [-0.2, 0) is 4.84 Å². The van der Waals surface area contributed by atoms with Crippen LogP contribution in [0.4, 0.5) is 0 Å². The fourth-order valence-electron chi connectivity index (χ4n) is 2.75. The molecule has 0 saturated carbocycles. The summed E-state index contributed by atoms with van der Waals surface area (Å²) in [4.78, 5) is 22.5. The first-order valence-corrected chi connectivity index (χ1v) is 7.24. The summed E-state index contributed by atoms with van der Waals surface area (Å²) in [6.45, 7) is -0.0418. The van der Waals surface area contributed by atoms with E-state index < -0.39 is 0 Å². The van der Waals surface area contributed by atoms with Crippen molar-refractivity contribution in [1.82, 2.24) is 9.55 Å². The Hall–Kier alpha value is -2.99. The predicted molar refractivity (Wildman–Crippen MR) is 86.0 cm³/mol. The van der Waals surface area contributed by atoms with Gasteiger partial charge in [0.2, 0.25) is 0 Å². The number of aliphatic hydroxyl groups excluding tert-OH is 1. The van der Waals surface area contributed by atoms with Gasteiger partial charge in [-0.2, -0.15) is 0 Å². The van der Waals surface area contributed by atoms with Crippen LogP contribution >= 0.6 is 0 Å². The molecule has 0 saturated heterocycles. The van der Waals surface area contributed by atoms with Gasteiger partial charge in [-0.25, -0.2) is 4.98 Å². The molecule has 6 nitrogen and oxygen atoms in total. The number of benzene rings is 2. The van der Waals surface area contributed by atoms with Crippen molar-refractivity contribution in [2.75, 3.05) is 13.2 Å². The molecule has 0 aliphatic carbocycles. The molecular formula is C17H13N3O3. The van der Waals surface area contributed by atoms with Crippen molar-refractivity contribution in [2.45, 2.75) is 0 Å². The average Bonchev–Trinajstić information content (AvgIpc) is 2.90. The maximum absolute atomic E-state index is 12.8. The first-order chi connectivity index (χ1) is 11.3. The molecule has 1 N–H and O–H groups in total. The zero-order valence-electron chi connectivity index (χ0n) is 12.1. The minimum Gasteiger partial charge on any atom is -0.393 e. The fraction of sp³-hybridized carbons (Fsp3) is 0.118. The quantitative estimate of drug-likeness (QED) is 0.459. The number of fused-ring (bicyclic) bond motifs is 4. The summed E-state index contributed by atoms with van der Waals surface area (Å²) in [6.07, 6.45) is 0. The minimum atomic E-state index is -0.134. The van der Waals surface area contributed by atoms with Gasteiger partial charge >= 0.3 is 0 Å². The summed E-state index contributed by atoms with van der Waals surface area (Å²) in [6, 6.07) is 14.7. The lowest BCUT2D eigenvalue weighted by atomic mass is 10.1. The summed E-state index contributed by atoms with van der Waals surface area (Å²) in [5.74, 6) is 0.452. The number of hydrogen-bond acceptors (Lipinski definition) is 5. The highest BCUT2D eigenvalue weighted by molar-refractivity contribution is 6.16. The molecule has 4 rings (SSSR count). The van der Waals surface area contributed by atoms with E-state index >= 15 is 0 Å². The lowest BCUT2D eigenvalue weighted by Gasteiger charge is -2.05. The van der Waals surface area contributed by atoms with Gasteiger partial charge in [-0.05, 0) is 18.2 Å². The van der Waals surface area contributed by atoms with E-state index in [0.29, 0.717) is 22.4 Å². The summed E-state index contributed by atoms with van der Waals surface area (Å²) in [7, 11) is 0. The van der Waals surface area contributed by atoms with Crippen LogP contribution in [0.1, 0.15) is 11.4 Å². The fourth-order valence-corrected chi connectivity index (χ4v) is 2.75. The first kappa shape index (κ1) is 13.7. The Balaban J connectivity index is 2.04. The minimum absolute atomic E-state index is 0.0868. The van der Waals surface area contributed by atoms with Crippen molar-refractivity contribution < 1.29 is 9.94 Å². The largest absolute Gasteiger partial charge is 0.393 e. The van der Waals surface area contributed by atoms with Crippen molar-refractivity contribution in [3.63, 3.8) is 0 Å². The molecule has 23 heavy (non-hydrogen) atoms. The normalized spacial score (nSPS) is 14.0. The van der Waals surface area contributed by atoms with E-state index in [1.165, 1.54) is 0 Å². The van der Waals surface area contributed by atoms with E-state index in [9.17, 15) is 4.79 Å². The maximum atomic E-state index is 12.8. The Morgan fingerprint density at radius 1 is 1.13 bits per heavy atom. The third kappa shape index (κ3) is 2.03. The molecule has 0 unspecified atom stereocenters. The zero-order valence-corrected chi connectivity index (χ0v) is 12.1. The van der Waals surface area contributed by atoms with Crippen LogP contribution in [-0.4, -0.2) is 33.6 Å². The summed E-state index contributed by atoms with van der Waals surface area (Å²) >= 11 is 0. The number of para-hydroxylation sites is 2. The molecule has 6 heteroatoms. The maximum Gasteiger partial charge on any atom is 0.266 e. The number of aliphatic hydroxyl groups is 1. The van der Waals surface area contributed by atoms with E-state index in [1.807, 2.05) is 36.4 Å². The molecule has 0 spiro atoms. The summed E-state index contributed by atoms with van der Waals surface area (Å²) in [5.41, 5.74) is 2.50. The SMILES string of the molecule is O=c1c2ccccc2nc2n1-c1ccccc1/C2=N\OCCO. The lowest BCUT2D eigenvalue weighted by Crippen LogP contribution is -2.21. The van der Waals surface area contributed by atoms with Crippen molar-refractivity contribution in [2.24, 2.45) is 5.16 Å². The molecule has 0 amide bonds. The molecule has 2 aromatic carbocycles. The van der Waals surface area contributed by atoms with Crippen molar-refractivity contribution in [1.29, 1.82) is 0 Å². The Morgan fingerprint density at radius 3 is 2.78 bits per heavy atom. The highest BCUT2D eigenvalue weighted by Gasteiger charge is 2.28. The molecule has 2 heterocycles. The third-order valence-electron chi connectivity index (χ3n) is 3.73. The van der Waals surface area contributed by atoms with Gasteiger partial charge in [-0.15, -0.1) is 0 Å². The van der Waals surface area contributed by atoms with E-state index in [0.717, 1.165) is 11.3 Å². The van der Waals surface area contributed by atoms with Crippen LogP contribution in [0, 0.1) is 0 Å². The van der Waals surface area contributed by atoms with Gasteiger partial charge in [0, 0.05) is 5.56 Å². The third-order valence-corrected chi connectivity index (χ3v) is 3.73. The van der Waals surface area contributed by atoms with Gasteiger partial charge in [-0.1, -0.05) is 35.5 Å². The summed E-state index contributed by atoms with van der Waals surface area (Å²) in [5, 5.41) is 13.5. The van der Waals surface area contributed by atoms with E-state index in [2.05, 4.69) is 10.1 Å². The molecule has 0 fully saturated rings. The molecule has 1 aliphatic heterocycles. The monoisotopic (exact) mass is 307 g/mol. The van der Waals surface area contributed by atoms with E-state index in [1.54, 1.807) is 16.7 Å². The highest BCUT2D eigenvalue weighted by atomic mass is 16.6. The predicted octanol–water partition coefficient (Wildman–Crippen LogP) is 1.46. The molecule has 0 atom stereocenters. The van der Waals surface area contributed by atoms with Crippen LogP contribution in [0.25, 0.3) is 16.6 Å². The smallest absolute Gasteiger partial charge is 0.266 e. The van der Waals surface area contributed by atoms with Gasteiger partial charge in [0.15, 0.2) is 11.5 Å². The number of nitrogens with zero attached hydrogens (tertiary/aromatic N) is 3. The van der Waals surface area contributed by atoms with Gasteiger partial charge < -0.3 is 9.94 Å². The average molecular weight is 307 g/mol. The van der Waals surface area contributed by atoms with Crippen LogP contribution in [0.2, 0.25) is 0 Å². The Labute approximate surface area is 131 Å². The topological polar surface area (TPSA) is 76.7 Å². The number of oxime groups is 1. The second-order valence-electron chi connectivity index (χ2n) is 5.11. The van der Waals surface area contributed by atoms with Crippen LogP contribution in [0.15, 0.2) is 58.5 Å². The van der Waals surface area contributed by atoms with Gasteiger partial charge in [-0.3, -0.25) is 9.36 Å². The number of rotatable bonds is 3. The summed E-state index contributed by atoms with van der Waals surface area (Å²) < 4.78 is 1.55. The Bertz CT molecular complexity index is 992. The lowest BCUT2D eigenvalue weighted by molar-refractivity contribution is 0.0988. The standard InChI is InChI=1S/C17H13N3O3/c21-9-10-23-19-15-12-6-2-4-8-14(12)20-16(15)18-13-7-3-1-5-11(13)17(20)22/h1-8,21H,9-10H2/b19-15+. The van der Waals surface area contributed by atoms with Crippen molar-refractivity contribution in [3.05, 3.63) is 70.3 Å². The van der Waals surface area contributed by atoms with Crippen molar-refractivity contribution in [3.8, 4) is 5.69 Å². The molecule has 3 aromatic rings. The number of hydrogen-bond donors (Lipinski definition) is 1. The molecular weight excluding hydrogens is 294 g/mol. The second-order valence-corrected chi connectivity index (χ2v) is 5.11. The van der Waals surface area contributed by atoms with Crippen molar-refractivity contribution >= 4 is 16.6 Å². The number of aromatic nitrogens is 2. The van der Waals surface area contributed by atoms with Crippen LogP contribution in [0.3, 0.4) is 0 Å². The first-order valence-electron chi connectivity index (χ1n) is 7.24. The molecule has 0 radical (unpaired) electrons. The molecule has 1 aromatic heterocycles. The molecule has 114 valence electrons. The zero-order chi connectivity index (χ0) is 15.8. The Morgan fingerprint density at radius 2 is 1.91 bits per heavy atom. The van der Waals surface area contributed by atoms with Crippen LogP contribution in [0.5, 0.6) is 0 Å². The molecule has 0 bridgehead atoms. The van der Waals surface area contributed by atoms with Crippen LogP contribution < -0.4 is 5.56 Å². The highest BCUT2D eigenvalue weighted by Crippen LogP contribution is 2.26. The van der Waals surface area contributed by atoms with E-state index in [-0.39, 0.29) is 18.8 Å². The second kappa shape index (κ2) is 5.33. The van der Waals surface area contributed by atoms with Gasteiger partial charge in [0.1, 0.15) is 6.61 Å². The van der Waals surface area contributed by atoms with Gasteiger partial charge in [0.25, 0.3) is 5.56 Å². The van der Waals surface area contributed by atoms with E-state index in [4.69, 9.17) is 9.94 Å². The van der Waals surface area contributed by atoms with Gasteiger partial charge in [0.05, 0.1) is 23.2 Å².